The minimum Gasteiger partial charge on any atom is -0.454 e. The molecule has 0 radical (unpaired) electrons. The van der Waals surface area contributed by atoms with Gasteiger partial charge in [-0.25, -0.2) is 0 Å². The molecule has 0 fully saturated rings. The van der Waals surface area contributed by atoms with Gasteiger partial charge in [0.15, 0.2) is 11.5 Å². The van der Waals surface area contributed by atoms with Crippen LogP contribution in [-0.2, 0) is 11.2 Å². The molecule has 0 saturated carbocycles. The summed E-state index contributed by atoms with van der Waals surface area (Å²) in [7, 11) is 0. The van der Waals surface area contributed by atoms with Gasteiger partial charge in [0.2, 0.25) is 6.79 Å². The third kappa shape index (κ3) is 2.52. The summed E-state index contributed by atoms with van der Waals surface area (Å²) in [6.07, 6.45) is 1.70. The zero-order valence-corrected chi connectivity index (χ0v) is 11.3. The van der Waals surface area contributed by atoms with E-state index in [1.165, 1.54) is 11.1 Å². The van der Waals surface area contributed by atoms with Gasteiger partial charge >= 0.3 is 0 Å². The zero-order chi connectivity index (χ0) is 13.9. The molecule has 0 amide bonds. The molecular weight excluding hydrogens is 252 g/mol. The van der Waals surface area contributed by atoms with E-state index in [0.717, 1.165) is 23.3 Å². The van der Waals surface area contributed by atoms with Crippen molar-refractivity contribution in [2.45, 2.75) is 19.3 Å². The molecule has 2 aromatic rings. The Hall–Kier alpha value is -2.29. The first-order valence-corrected chi connectivity index (χ1v) is 6.66. The van der Waals surface area contributed by atoms with Crippen LogP contribution in [0.3, 0.4) is 0 Å². The molecule has 0 aromatic heterocycles. The molecule has 1 atom stereocenters. The fourth-order valence-corrected chi connectivity index (χ4v) is 2.48. The van der Waals surface area contributed by atoms with Gasteiger partial charge < -0.3 is 14.3 Å². The predicted molar refractivity (Wildman–Crippen MR) is 76.3 cm³/mol. The van der Waals surface area contributed by atoms with Gasteiger partial charge in [-0.2, -0.15) is 0 Å². The molecule has 1 aliphatic rings. The Morgan fingerprint density at radius 3 is 2.80 bits per heavy atom. The Bertz CT molecular complexity index is 634. The molecule has 1 unspecified atom stereocenters. The Kier molecular flexibility index (Phi) is 3.42. The van der Waals surface area contributed by atoms with Crippen LogP contribution < -0.4 is 9.47 Å². The summed E-state index contributed by atoms with van der Waals surface area (Å²) in [4.78, 5) is 11.4. The van der Waals surface area contributed by atoms with Crippen LogP contribution in [-0.4, -0.2) is 13.1 Å². The molecule has 102 valence electrons. The van der Waals surface area contributed by atoms with Gasteiger partial charge in [0.1, 0.15) is 6.29 Å². The fraction of sp³-hybridized carbons (Fsp3) is 0.235. The molecule has 0 aliphatic carbocycles. The third-order valence-electron chi connectivity index (χ3n) is 3.53. The molecule has 3 heteroatoms. The third-order valence-corrected chi connectivity index (χ3v) is 3.53. The molecule has 1 heterocycles. The highest BCUT2D eigenvalue weighted by molar-refractivity contribution is 5.64. The summed E-state index contributed by atoms with van der Waals surface area (Å²) in [5, 5.41) is 0. The summed E-state index contributed by atoms with van der Waals surface area (Å²) in [6, 6.07) is 13.9. The number of carbonyl (C=O) groups is 1. The highest BCUT2D eigenvalue weighted by Crippen LogP contribution is 2.35. The minimum absolute atomic E-state index is 0.161. The Morgan fingerprint density at radius 2 is 2.00 bits per heavy atom. The number of hydrogen-bond donors (Lipinski definition) is 0. The van der Waals surface area contributed by atoms with Crippen molar-refractivity contribution in [3.05, 3.63) is 59.2 Å². The van der Waals surface area contributed by atoms with Crippen LogP contribution in [0.15, 0.2) is 42.5 Å². The summed E-state index contributed by atoms with van der Waals surface area (Å²) >= 11 is 0. The minimum atomic E-state index is -0.161. The first-order valence-electron chi connectivity index (χ1n) is 6.66. The summed E-state index contributed by atoms with van der Waals surface area (Å²) in [6.45, 7) is 2.31. The van der Waals surface area contributed by atoms with E-state index < -0.39 is 0 Å². The molecule has 0 saturated heterocycles. The average molecular weight is 268 g/mol. The van der Waals surface area contributed by atoms with Gasteiger partial charge in [-0.3, -0.25) is 0 Å². The van der Waals surface area contributed by atoms with Crippen LogP contribution in [0.2, 0.25) is 0 Å². The number of carbonyl (C=O) groups excluding carboxylic acids is 1. The topological polar surface area (TPSA) is 35.5 Å². The van der Waals surface area contributed by atoms with E-state index >= 15 is 0 Å². The van der Waals surface area contributed by atoms with Gasteiger partial charge in [-0.15, -0.1) is 0 Å². The second kappa shape index (κ2) is 5.37. The van der Waals surface area contributed by atoms with Crippen molar-refractivity contribution in [3.63, 3.8) is 0 Å². The van der Waals surface area contributed by atoms with Crippen LogP contribution >= 0.6 is 0 Å². The number of ether oxygens (including phenoxy) is 2. The number of rotatable bonds is 4. The van der Waals surface area contributed by atoms with Crippen LogP contribution in [0.5, 0.6) is 11.5 Å². The Labute approximate surface area is 118 Å². The predicted octanol–water partition coefficient (Wildman–Crippen LogP) is 3.25. The molecule has 3 rings (SSSR count). The maximum Gasteiger partial charge on any atom is 0.231 e. The van der Waals surface area contributed by atoms with Gasteiger partial charge in [-0.1, -0.05) is 35.9 Å². The summed E-state index contributed by atoms with van der Waals surface area (Å²) in [5.41, 5.74) is 3.34. The standard InChI is InChI=1S/C17H16O3/c1-12-3-2-4-13(7-12)8-15(10-18)14-5-6-16-17(9-14)20-11-19-16/h2-7,9-10,15H,8,11H2,1H3. The van der Waals surface area contributed by atoms with E-state index in [2.05, 4.69) is 25.1 Å². The molecule has 1 aliphatic heterocycles. The van der Waals surface area contributed by atoms with E-state index in [1.54, 1.807) is 0 Å². The summed E-state index contributed by atoms with van der Waals surface area (Å²) in [5.74, 6) is 1.30. The molecule has 20 heavy (non-hydrogen) atoms. The average Bonchev–Trinajstić information content (AvgIpc) is 2.92. The molecule has 3 nitrogen and oxygen atoms in total. The number of aldehydes is 1. The van der Waals surface area contributed by atoms with E-state index in [0.29, 0.717) is 6.42 Å². The van der Waals surface area contributed by atoms with Crippen molar-refractivity contribution in [2.24, 2.45) is 0 Å². The Morgan fingerprint density at radius 1 is 1.15 bits per heavy atom. The van der Waals surface area contributed by atoms with Crippen molar-refractivity contribution in [1.29, 1.82) is 0 Å². The monoisotopic (exact) mass is 268 g/mol. The van der Waals surface area contributed by atoms with Crippen molar-refractivity contribution >= 4 is 6.29 Å². The molecule has 0 N–H and O–H groups in total. The van der Waals surface area contributed by atoms with E-state index in [1.807, 2.05) is 24.3 Å². The van der Waals surface area contributed by atoms with Crippen LogP contribution in [0, 0.1) is 6.92 Å². The maximum absolute atomic E-state index is 11.4. The second-order valence-electron chi connectivity index (χ2n) is 5.05. The number of fused-ring (bicyclic) bond motifs is 1. The van der Waals surface area contributed by atoms with Crippen molar-refractivity contribution < 1.29 is 14.3 Å². The molecular formula is C17H16O3. The summed E-state index contributed by atoms with van der Waals surface area (Å²) < 4.78 is 10.7. The van der Waals surface area contributed by atoms with Gasteiger partial charge in [-0.05, 0) is 36.6 Å². The quantitative estimate of drug-likeness (QED) is 0.798. The van der Waals surface area contributed by atoms with Crippen LogP contribution in [0.4, 0.5) is 0 Å². The lowest BCUT2D eigenvalue weighted by atomic mass is 9.92. The Balaban J connectivity index is 1.84. The number of aryl methyl sites for hydroxylation is 1. The molecule has 0 spiro atoms. The van der Waals surface area contributed by atoms with Gasteiger partial charge in [0, 0.05) is 5.92 Å². The highest BCUT2D eigenvalue weighted by atomic mass is 16.7. The first kappa shape index (κ1) is 12.7. The molecule has 2 aromatic carbocycles. The van der Waals surface area contributed by atoms with E-state index in [4.69, 9.17) is 9.47 Å². The normalized spacial score (nSPS) is 14.1. The largest absolute Gasteiger partial charge is 0.454 e. The SMILES string of the molecule is Cc1cccc(CC(C=O)c2ccc3c(c2)OCO3)c1. The van der Waals surface area contributed by atoms with Crippen LogP contribution in [0.25, 0.3) is 0 Å². The lowest BCUT2D eigenvalue weighted by molar-refractivity contribution is -0.109. The van der Waals surface area contributed by atoms with Crippen molar-refractivity contribution in [3.8, 4) is 11.5 Å². The zero-order valence-electron chi connectivity index (χ0n) is 11.3. The number of hydrogen-bond acceptors (Lipinski definition) is 3. The van der Waals surface area contributed by atoms with E-state index in [-0.39, 0.29) is 12.7 Å². The van der Waals surface area contributed by atoms with Crippen LogP contribution in [0.1, 0.15) is 22.6 Å². The molecule has 0 bridgehead atoms. The lowest BCUT2D eigenvalue weighted by Crippen LogP contribution is -2.04. The smallest absolute Gasteiger partial charge is 0.231 e. The van der Waals surface area contributed by atoms with E-state index in [9.17, 15) is 4.79 Å². The fourth-order valence-electron chi connectivity index (χ4n) is 2.48. The van der Waals surface area contributed by atoms with Crippen molar-refractivity contribution in [2.75, 3.05) is 6.79 Å². The van der Waals surface area contributed by atoms with Gasteiger partial charge in [0.05, 0.1) is 0 Å². The lowest BCUT2D eigenvalue weighted by Gasteiger charge is -2.12. The number of benzene rings is 2. The van der Waals surface area contributed by atoms with Gasteiger partial charge in [0.25, 0.3) is 0 Å². The highest BCUT2D eigenvalue weighted by Gasteiger charge is 2.18. The maximum atomic E-state index is 11.4. The first-order chi connectivity index (χ1) is 9.76. The second-order valence-corrected chi connectivity index (χ2v) is 5.05. The van der Waals surface area contributed by atoms with Crippen molar-refractivity contribution in [1.82, 2.24) is 0 Å².